The highest BCUT2D eigenvalue weighted by Crippen LogP contribution is 2.41. The molecule has 1 fully saturated rings. The van der Waals surface area contributed by atoms with E-state index in [9.17, 15) is 27.2 Å². The second-order valence-electron chi connectivity index (χ2n) is 8.72. The lowest BCUT2D eigenvalue weighted by Gasteiger charge is -2.11. The zero-order chi connectivity index (χ0) is 26.6. The molecule has 0 saturated heterocycles. The molecular formula is C23H24F4N8O2. The quantitative estimate of drug-likeness (QED) is 0.394. The summed E-state index contributed by atoms with van der Waals surface area (Å²) in [6, 6.07) is 4.98. The maximum Gasteiger partial charge on any atom is 0.416 e. The van der Waals surface area contributed by atoms with Crippen molar-refractivity contribution < 1.29 is 27.2 Å². The van der Waals surface area contributed by atoms with Gasteiger partial charge in [0.05, 0.1) is 36.1 Å². The summed E-state index contributed by atoms with van der Waals surface area (Å²) in [5, 5.41) is 20.1. The fourth-order valence-electron chi connectivity index (χ4n) is 3.58. The number of halogens is 4. The average Bonchev–Trinajstić information content (AvgIpc) is 3.61. The standard InChI is InChI=1S/C23H24F4N8O2/c1-28-22(37)19-12-35(34-32-19)11-15(24)4-5-16-6-7-20(33-31-16)30-21(36)10-17-8-14(23(25,26)27)9-18(29-17)13-2-3-13/h6-9,12-13,15H,2-5,10-11H2,1H3,(H,28,37)(H,30,33,36). The molecule has 0 radical (unpaired) electrons. The molecule has 3 aromatic rings. The smallest absolute Gasteiger partial charge is 0.354 e. The second kappa shape index (κ2) is 11.0. The van der Waals surface area contributed by atoms with E-state index >= 15 is 0 Å². The Bertz CT molecular complexity index is 1260. The normalized spacial score (nSPS) is 14.3. The van der Waals surface area contributed by atoms with Gasteiger partial charge in [-0.2, -0.15) is 18.3 Å². The first-order chi connectivity index (χ1) is 17.6. The van der Waals surface area contributed by atoms with Crippen LogP contribution in [0, 0.1) is 0 Å². The Balaban J connectivity index is 1.28. The SMILES string of the molecule is CNC(=O)c1cn(CC(F)CCc2ccc(NC(=O)Cc3cc(C(F)(F)F)cc(C4CC4)n3)nn2)nn1. The van der Waals surface area contributed by atoms with Crippen molar-refractivity contribution >= 4 is 17.6 Å². The van der Waals surface area contributed by atoms with Gasteiger partial charge < -0.3 is 10.6 Å². The third-order valence-electron chi connectivity index (χ3n) is 5.65. The van der Waals surface area contributed by atoms with Crippen LogP contribution < -0.4 is 10.6 Å². The van der Waals surface area contributed by atoms with Crippen LogP contribution >= 0.6 is 0 Å². The van der Waals surface area contributed by atoms with Crippen LogP contribution in [-0.4, -0.2) is 55.2 Å². The van der Waals surface area contributed by atoms with Crippen molar-refractivity contribution in [2.24, 2.45) is 0 Å². The van der Waals surface area contributed by atoms with E-state index in [0.717, 1.165) is 25.0 Å². The minimum atomic E-state index is -4.53. The van der Waals surface area contributed by atoms with Crippen LogP contribution in [0.1, 0.15) is 58.3 Å². The van der Waals surface area contributed by atoms with Crippen LogP contribution in [-0.2, 0) is 30.4 Å². The summed E-state index contributed by atoms with van der Waals surface area (Å²) in [6.07, 6.45) is -2.86. The minimum absolute atomic E-state index is 0.00248. The number of nitrogens with one attached hydrogen (secondary N) is 2. The summed E-state index contributed by atoms with van der Waals surface area (Å²) >= 11 is 0. The van der Waals surface area contributed by atoms with Gasteiger partial charge in [0, 0.05) is 18.7 Å². The van der Waals surface area contributed by atoms with Crippen molar-refractivity contribution in [1.29, 1.82) is 0 Å². The van der Waals surface area contributed by atoms with Gasteiger partial charge in [-0.3, -0.25) is 14.6 Å². The van der Waals surface area contributed by atoms with E-state index in [1.165, 1.54) is 24.0 Å². The van der Waals surface area contributed by atoms with Gasteiger partial charge in [0.1, 0.15) is 6.17 Å². The summed E-state index contributed by atoms with van der Waals surface area (Å²) in [7, 11) is 1.45. The molecule has 2 amide bonds. The van der Waals surface area contributed by atoms with Crippen molar-refractivity contribution in [3.05, 3.63) is 58.8 Å². The molecule has 0 aromatic carbocycles. The zero-order valence-electron chi connectivity index (χ0n) is 19.8. The van der Waals surface area contributed by atoms with Crippen LogP contribution in [0.2, 0.25) is 0 Å². The molecule has 0 aliphatic heterocycles. The first-order valence-corrected chi connectivity index (χ1v) is 11.6. The van der Waals surface area contributed by atoms with Crippen molar-refractivity contribution in [2.75, 3.05) is 12.4 Å². The monoisotopic (exact) mass is 520 g/mol. The highest BCUT2D eigenvalue weighted by atomic mass is 19.4. The Morgan fingerprint density at radius 3 is 2.57 bits per heavy atom. The van der Waals surface area contributed by atoms with Gasteiger partial charge in [-0.15, -0.1) is 10.2 Å². The Kier molecular flexibility index (Phi) is 7.74. The average molecular weight is 520 g/mol. The van der Waals surface area contributed by atoms with Crippen LogP contribution in [0.4, 0.5) is 23.4 Å². The minimum Gasteiger partial charge on any atom is -0.354 e. The molecule has 10 nitrogen and oxygen atoms in total. The summed E-state index contributed by atoms with van der Waals surface area (Å²) in [5.74, 6) is -0.881. The predicted octanol–water partition coefficient (Wildman–Crippen LogP) is 2.87. The molecule has 4 rings (SSSR count). The molecule has 14 heteroatoms. The van der Waals surface area contributed by atoms with Gasteiger partial charge in [0.2, 0.25) is 5.91 Å². The van der Waals surface area contributed by atoms with E-state index < -0.39 is 29.7 Å². The number of rotatable bonds is 10. The molecule has 1 atom stereocenters. The van der Waals surface area contributed by atoms with Crippen LogP contribution in [0.25, 0.3) is 0 Å². The molecule has 1 aliphatic rings. The van der Waals surface area contributed by atoms with Gasteiger partial charge in [-0.25, -0.2) is 9.07 Å². The molecule has 0 spiro atoms. The van der Waals surface area contributed by atoms with Gasteiger partial charge >= 0.3 is 6.18 Å². The van der Waals surface area contributed by atoms with E-state index in [1.807, 2.05) is 0 Å². The van der Waals surface area contributed by atoms with E-state index in [1.54, 1.807) is 6.07 Å². The fourth-order valence-corrected chi connectivity index (χ4v) is 3.58. The number of carbonyl (C=O) groups is 2. The maximum atomic E-state index is 14.3. The molecule has 1 aliphatic carbocycles. The lowest BCUT2D eigenvalue weighted by Crippen LogP contribution is -2.18. The second-order valence-corrected chi connectivity index (χ2v) is 8.72. The molecule has 1 saturated carbocycles. The van der Waals surface area contributed by atoms with Crippen molar-refractivity contribution in [1.82, 2.24) is 35.5 Å². The fraction of sp³-hybridized carbons (Fsp3) is 0.435. The predicted molar refractivity (Wildman–Crippen MR) is 122 cm³/mol. The van der Waals surface area contributed by atoms with Crippen molar-refractivity contribution in [3.8, 4) is 0 Å². The number of amides is 2. The number of nitrogens with zero attached hydrogens (tertiary/aromatic N) is 6. The summed E-state index contributed by atoms with van der Waals surface area (Å²) in [6.45, 7) is -0.0857. The van der Waals surface area contributed by atoms with Crippen LogP contribution in [0.15, 0.2) is 30.5 Å². The van der Waals surface area contributed by atoms with E-state index in [4.69, 9.17) is 0 Å². The molecular weight excluding hydrogens is 496 g/mol. The maximum absolute atomic E-state index is 14.3. The van der Waals surface area contributed by atoms with Gasteiger partial charge in [-0.1, -0.05) is 5.21 Å². The van der Waals surface area contributed by atoms with Crippen LogP contribution in [0.3, 0.4) is 0 Å². The van der Waals surface area contributed by atoms with Gasteiger partial charge in [0.15, 0.2) is 11.5 Å². The van der Waals surface area contributed by atoms with Crippen molar-refractivity contribution in [3.63, 3.8) is 0 Å². The molecule has 37 heavy (non-hydrogen) atoms. The topological polar surface area (TPSA) is 128 Å². The third-order valence-corrected chi connectivity index (χ3v) is 5.65. The molecule has 196 valence electrons. The first kappa shape index (κ1) is 26.1. The number of anilines is 1. The number of pyridine rings is 1. The van der Waals surface area contributed by atoms with E-state index in [0.29, 0.717) is 11.4 Å². The zero-order valence-corrected chi connectivity index (χ0v) is 19.8. The molecule has 1 unspecified atom stereocenters. The van der Waals surface area contributed by atoms with Crippen molar-refractivity contribution in [2.45, 2.75) is 56.9 Å². The van der Waals surface area contributed by atoms with Gasteiger partial charge in [-0.05, 0) is 49.9 Å². The van der Waals surface area contributed by atoms with Gasteiger partial charge in [0.25, 0.3) is 5.91 Å². The molecule has 3 heterocycles. The number of aromatic nitrogens is 6. The lowest BCUT2D eigenvalue weighted by molar-refractivity contribution is -0.137. The summed E-state index contributed by atoms with van der Waals surface area (Å²) in [4.78, 5) is 28.1. The Morgan fingerprint density at radius 2 is 1.92 bits per heavy atom. The van der Waals surface area contributed by atoms with Crippen LogP contribution in [0.5, 0.6) is 0 Å². The Labute approximate surface area is 208 Å². The molecule has 3 aromatic heterocycles. The summed E-state index contributed by atoms with van der Waals surface area (Å²) in [5.41, 5.74) is 0.133. The molecule has 0 bridgehead atoms. The highest BCUT2D eigenvalue weighted by molar-refractivity contribution is 5.91. The number of aryl methyl sites for hydroxylation is 1. The molecule has 2 N–H and O–H groups in total. The highest BCUT2D eigenvalue weighted by Gasteiger charge is 2.34. The van der Waals surface area contributed by atoms with E-state index in [2.05, 4.69) is 36.1 Å². The van der Waals surface area contributed by atoms with E-state index in [-0.39, 0.29) is 48.9 Å². The number of alkyl halides is 4. The lowest BCUT2D eigenvalue weighted by atomic mass is 10.1. The number of hydrogen-bond acceptors (Lipinski definition) is 7. The first-order valence-electron chi connectivity index (χ1n) is 11.6. The third kappa shape index (κ3) is 7.27. The Morgan fingerprint density at radius 1 is 1.14 bits per heavy atom. The summed E-state index contributed by atoms with van der Waals surface area (Å²) < 4.78 is 55.3. The Hall–Kier alpha value is -3.97. The number of hydrogen-bond donors (Lipinski definition) is 2. The number of carbonyl (C=O) groups excluding carboxylic acids is 2. The largest absolute Gasteiger partial charge is 0.416 e.